The van der Waals surface area contributed by atoms with Crippen LogP contribution in [0.3, 0.4) is 0 Å². The quantitative estimate of drug-likeness (QED) is 0.520. The number of hydrogen-bond acceptors (Lipinski definition) is 5. The van der Waals surface area contributed by atoms with Crippen molar-refractivity contribution in [1.82, 2.24) is 4.90 Å². The molecule has 2 aromatic carbocycles. The van der Waals surface area contributed by atoms with Crippen LogP contribution in [-0.2, 0) is 14.8 Å². The summed E-state index contributed by atoms with van der Waals surface area (Å²) < 4.78 is 34.9. The van der Waals surface area contributed by atoms with Gasteiger partial charge in [-0.25, -0.2) is 0 Å². The van der Waals surface area contributed by atoms with Gasteiger partial charge >= 0.3 is 5.97 Å². The molecule has 4 rings (SSSR count). The third-order valence-electron chi connectivity index (χ3n) is 4.70. The summed E-state index contributed by atoms with van der Waals surface area (Å²) in [5.74, 6) is 0.274. The van der Waals surface area contributed by atoms with Crippen molar-refractivity contribution in [1.29, 1.82) is 0 Å². The first-order chi connectivity index (χ1) is 12.9. The zero-order valence-corrected chi connectivity index (χ0v) is 16.7. The predicted octanol–water partition coefficient (Wildman–Crippen LogP) is 3.22. The fourth-order valence-electron chi connectivity index (χ4n) is 3.38. The van der Waals surface area contributed by atoms with Gasteiger partial charge in [-0.3, -0.25) is 4.79 Å². The zero-order chi connectivity index (χ0) is 19.0. The molecule has 8 heteroatoms. The molecule has 0 saturated carbocycles. The summed E-state index contributed by atoms with van der Waals surface area (Å²) in [6.45, 7) is 1.04. The van der Waals surface area contributed by atoms with Crippen LogP contribution < -0.4 is 4.74 Å². The number of benzene rings is 2. The van der Waals surface area contributed by atoms with Gasteiger partial charge in [-0.05, 0) is 49.2 Å². The molecule has 0 spiro atoms. The molecule has 0 N–H and O–H groups in total. The number of amidine groups is 1. The van der Waals surface area contributed by atoms with Crippen molar-refractivity contribution < 1.29 is 17.9 Å². The SMILES string of the molecule is O=C(Oc1ccc(Br)cc1)C1CCCN(C2=NS(=O)(=O)c3ccccc32)C1. The van der Waals surface area contributed by atoms with Gasteiger partial charge in [0, 0.05) is 23.1 Å². The average Bonchev–Trinajstić information content (AvgIpc) is 2.95. The van der Waals surface area contributed by atoms with Gasteiger partial charge in [0.25, 0.3) is 10.0 Å². The highest BCUT2D eigenvalue weighted by Crippen LogP contribution is 2.30. The minimum atomic E-state index is -3.67. The van der Waals surface area contributed by atoms with E-state index in [1.807, 2.05) is 17.0 Å². The summed E-state index contributed by atoms with van der Waals surface area (Å²) in [6, 6.07) is 13.9. The van der Waals surface area contributed by atoms with Gasteiger partial charge in [0.15, 0.2) is 5.84 Å². The minimum Gasteiger partial charge on any atom is -0.426 e. The van der Waals surface area contributed by atoms with Crippen molar-refractivity contribution in [2.45, 2.75) is 17.7 Å². The standard InChI is InChI=1S/C19H17BrN2O4S/c20-14-7-9-15(10-8-14)26-19(23)13-4-3-11-22(12-13)18-16-5-1-2-6-17(16)27(24,25)21-18/h1-2,5-10,13H,3-4,11-12H2. The van der Waals surface area contributed by atoms with Crippen molar-refractivity contribution in [2.75, 3.05) is 13.1 Å². The number of likely N-dealkylation sites (tertiary alicyclic amines) is 1. The van der Waals surface area contributed by atoms with Gasteiger partial charge in [0.2, 0.25) is 0 Å². The molecule has 1 fully saturated rings. The molecule has 0 aromatic heterocycles. The van der Waals surface area contributed by atoms with Gasteiger partial charge in [0.1, 0.15) is 10.6 Å². The smallest absolute Gasteiger partial charge is 0.316 e. The highest BCUT2D eigenvalue weighted by Gasteiger charge is 2.35. The van der Waals surface area contributed by atoms with E-state index >= 15 is 0 Å². The topological polar surface area (TPSA) is 76.0 Å². The Kier molecular flexibility index (Phi) is 4.77. The maximum atomic E-state index is 12.6. The Morgan fingerprint density at radius 1 is 1.15 bits per heavy atom. The molecule has 27 heavy (non-hydrogen) atoms. The Balaban J connectivity index is 1.52. The Morgan fingerprint density at radius 2 is 1.89 bits per heavy atom. The van der Waals surface area contributed by atoms with Crippen LogP contribution in [0.4, 0.5) is 0 Å². The first kappa shape index (κ1) is 18.2. The summed E-state index contributed by atoms with van der Waals surface area (Å²) in [6.07, 6.45) is 1.47. The van der Waals surface area contributed by atoms with E-state index in [1.165, 1.54) is 0 Å². The number of halogens is 1. The lowest BCUT2D eigenvalue weighted by Crippen LogP contribution is -2.43. The molecule has 1 unspecified atom stereocenters. The van der Waals surface area contributed by atoms with Crippen LogP contribution >= 0.6 is 15.9 Å². The first-order valence-electron chi connectivity index (χ1n) is 8.60. The third-order valence-corrected chi connectivity index (χ3v) is 6.55. The van der Waals surface area contributed by atoms with Crippen molar-refractivity contribution in [3.05, 3.63) is 58.6 Å². The highest BCUT2D eigenvalue weighted by molar-refractivity contribution is 9.10. The van der Waals surface area contributed by atoms with E-state index in [9.17, 15) is 13.2 Å². The molecule has 0 bridgehead atoms. The van der Waals surface area contributed by atoms with E-state index in [2.05, 4.69) is 20.3 Å². The van der Waals surface area contributed by atoms with Crippen molar-refractivity contribution in [2.24, 2.45) is 10.3 Å². The zero-order valence-electron chi connectivity index (χ0n) is 14.3. The lowest BCUT2D eigenvalue weighted by atomic mass is 9.97. The second-order valence-corrected chi connectivity index (χ2v) is 9.03. The van der Waals surface area contributed by atoms with E-state index in [0.29, 0.717) is 36.7 Å². The monoisotopic (exact) mass is 448 g/mol. The summed E-state index contributed by atoms with van der Waals surface area (Å²) >= 11 is 3.35. The second kappa shape index (κ2) is 7.09. The Bertz CT molecular complexity index is 1020. The molecule has 2 aliphatic heterocycles. The number of hydrogen-bond donors (Lipinski definition) is 0. The van der Waals surface area contributed by atoms with Crippen molar-refractivity contribution in [3.63, 3.8) is 0 Å². The number of fused-ring (bicyclic) bond motifs is 1. The Labute approximate surface area is 166 Å². The average molecular weight is 449 g/mol. The minimum absolute atomic E-state index is 0.222. The van der Waals surface area contributed by atoms with Crippen LogP contribution in [-0.4, -0.2) is 38.2 Å². The van der Waals surface area contributed by atoms with E-state index in [1.54, 1.807) is 36.4 Å². The first-order valence-corrected chi connectivity index (χ1v) is 10.8. The number of nitrogens with zero attached hydrogens (tertiary/aromatic N) is 2. The molecule has 140 valence electrons. The Hall–Kier alpha value is -2.19. The van der Waals surface area contributed by atoms with E-state index < -0.39 is 10.0 Å². The van der Waals surface area contributed by atoms with Gasteiger partial charge in [-0.1, -0.05) is 28.1 Å². The van der Waals surface area contributed by atoms with Crippen LogP contribution in [0, 0.1) is 5.92 Å². The van der Waals surface area contributed by atoms with Gasteiger partial charge in [0.05, 0.1) is 5.92 Å². The highest BCUT2D eigenvalue weighted by atomic mass is 79.9. The molecular formula is C19H17BrN2O4S. The molecule has 2 aliphatic rings. The van der Waals surface area contributed by atoms with Crippen LogP contribution in [0.5, 0.6) is 5.75 Å². The van der Waals surface area contributed by atoms with Crippen LogP contribution in [0.15, 0.2) is 62.3 Å². The van der Waals surface area contributed by atoms with Gasteiger partial charge in [-0.2, -0.15) is 8.42 Å². The summed E-state index contributed by atoms with van der Waals surface area (Å²) in [7, 11) is -3.67. The lowest BCUT2D eigenvalue weighted by molar-refractivity contribution is -0.140. The normalized spacial score (nSPS) is 20.7. The number of ether oxygens (including phenoxy) is 1. The molecule has 0 aliphatic carbocycles. The predicted molar refractivity (Wildman–Crippen MR) is 104 cm³/mol. The fraction of sp³-hybridized carbons (Fsp3) is 0.263. The second-order valence-electron chi connectivity index (χ2n) is 6.55. The number of carbonyl (C=O) groups excluding carboxylic acids is 1. The number of piperidine rings is 1. The molecule has 6 nitrogen and oxygen atoms in total. The number of esters is 1. The summed E-state index contributed by atoms with van der Waals surface area (Å²) in [5.41, 5.74) is 0.597. The number of carbonyl (C=O) groups is 1. The van der Waals surface area contributed by atoms with Crippen LogP contribution in [0.25, 0.3) is 0 Å². The van der Waals surface area contributed by atoms with Gasteiger partial charge < -0.3 is 9.64 Å². The largest absolute Gasteiger partial charge is 0.426 e. The van der Waals surface area contributed by atoms with Crippen molar-refractivity contribution >= 4 is 37.8 Å². The molecule has 1 saturated heterocycles. The Morgan fingerprint density at radius 3 is 2.67 bits per heavy atom. The fourth-order valence-corrected chi connectivity index (χ4v) is 4.87. The maximum absolute atomic E-state index is 12.6. The summed E-state index contributed by atoms with van der Waals surface area (Å²) in [4.78, 5) is 14.7. The molecular weight excluding hydrogens is 432 g/mol. The molecule has 0 amide bonds. The molecule has 0 radical (unpaired) electrons. The maximum Gasteiger partial charge on any atom is 0.316 e. The molecule has 2 aromatic rings. The lowest BCUT2D eigenvalue weighted by Gasteiger charge is -2.32. The third kappa shape index (κ3) is 3.64. The summed E-state index contributed by atoms with van der Waals surface area (Å²) in [5, 5.41) is 0. The number of rotatable bonds is 2. The molecule has 2 heterocycles. The van der Waals surface area contributed by atoms with E-state index in [4.69, 9.17) is 4.74 Å². The number of sulfonamides is 1. The van der Waals surface area contributed by atoms with Gasteiger partial charge in [-0.15, -0.1) is 4.40 Å². The van der Waals surface area contributed by atoms with E-state index in [-0.39, 0.29) is 16.8 Å². The van der Waals surface area contributed by atoms with Crippen LogP contribution in [0.1, 0.15) is 18.4 Å². The van der Waals surface area contributed by atoms with Crippen molar-refractivity contribution in [3.8, 4) is 5.75 Å². The molecule has 1 atom stereocenters. The van der Waals surface area contributed by atoms with Crippen LogP contribution in [0.2, 0.25) is 0 Å². The van der Waals surface area contributed by atoms with E-state index in [0.717, 1.165) is 10.9 Å².